The number of urea groups is 1. The molecule has 2 amide bonds. The Balaban J connectivity index is 2.62. The van der Waals surface area contributed by atoms with Gasteiger partial charge in [0.2, 0.25) is 0 Å². The summed E-state index contributed by atoms with van der Waals surface area (Å²) >= 11 is 3.39. The summed E-state index contributed by atoms with van der Waals surface area (Å²) in [5, 5.41) is 14.2. The van der Waals surface area contributed by atoms with E-state index >= 15 is 0 Å². The number of aliphatic carboxylic acids is 1. The molecular formula is C13H17BrN2O3. The highest BCUT2D eigenvalue weighted by Crippen LogP contribution is 2.25. The number of carbonyl (C=O) groups excluding carboxylic acids is 1. The Labute approximate surface area is 120 Å². The second-order valence-corrected chi connectivity index (χ2v) is 5.73. The van der Waals surface area contributed by atoms with E-state index in [0.29, 0.717) is 5.69 Å². The summed E-state index contributed by atoms with van der Waals surface area (Å²) in [5.74, 6) is -0.954. The second kappa shape index (κ2) is 6.06. The first-order valence-corrected chi connectivity index (χ1v) is 6.56. The van der Waals surface area contributed by atoms with Crippen LogP contribution in [0, 0.1) is 12.3 Å². The first-order chi connectivity index (χ1) is 8.74. The molecule has 0 saturated heterocycles. The Morgan fingerprint density at radius 2 is 2.00 bits per heavy atom. The lowest BCUT2D eigenvalue weighted by molar-refractivity contribution is -0.146. The van der Waals surface area contributed by atoms with Crippen LogP contribution >= 0.6 is 15.9 Å². The molecule has 0 atom stereocenters. The molecule has 1 rings (SSSR count). The van der Waals surface area contributed by atoms with Gasteiger partial charge >= 0.3 is 12.0 Å². The minimum absolute atomic E-state index is 0.0532. The zero-order valence-corrected chi connectivity index (χ0v) is 12.7. The van der Waals surface area contributed by atoms with E-state index in [9.17, 15) is 9.59 Å². The maximum Gasteiger partial charge on any atom is 0.319 e. The number of hydrogen-bond donors (Lipinski definition) is 3. The van der Waals surface area contributed by atoms with Crippen LogP contribution in [-0.4, -0.2) is 23.7 Å². The van der Waals surface area contributed by atoms with Crippen molar-refractivity contribution in [3.05, 3.63) is 28.2 Å². The highest BCUT2D eigenvalue weighted by Gasteiger charge is 2.27. The van der Waals surface area contributed by atoms with Gasteiger partial charge in [-0.3, -0.25) is 4.79 Å². The molecule has 6 heteroatoms. The first-order valence-electron chi connectivity index (χ1n) is 5.77. The van der Waals surface area contributed by atoms with E-state index in [1.54, 1.807) is 19.9 Å². The maximum absolute atomic E-state index is 11.7. The molecule has 0 spiro atoms. The lowest BCUT2D eigenvalue weighted by Crippen LogP contribution is -2.40. The van der Waals surface area contributed by atoms with Crippen LogP contribution in [0.5, 0.6) is 0 Å². The summed E-state index contributed by atoms with van der Waals surface area (Å²) in [7, 11) is 0. The third-order valence-electron chi connectivity index (χ3n) is 2.71. The summed E-state index contributed by atoms with van der Waals surface area (Å²) in [6.07, 6.45) is 0. The van der Waals surface area contributed by atoms with Gasteiger partial charge in [0.05, 0.1) is 11.1 Å². The zero-order chi connectivity index (χ0) is 14.6. The lowest BCUT2D eigenvalue weighted by Gasteiger charge is -2.19. The highest BCUT2D eigenvalue weighted by atomic mass is 79.9. The standard InChI is InChI=1S/C13H17BrN2O3/c1-8-5-4-6-9(10(8)14)16-12(19)15-7-13(2,3)11(17)18/h4-6H,7H2,1-3H3,(H,17,18)(H2,15,16,19). The third kappa shape index (κ3) is 4.24. The number of nitrogens with one attached hydrogen (secondary N) is 2. The van der Waals surface area contributed by atoms with Crippen molar-refractivity contribution in [1.82, 2.24) is 5.32 Å². The maximum atomic E-state index is 11.7. The zero-order valence-electron chi connectivity index (χ0n) is 11.1. The Bertz CT molecular complexity index is 501. The molecule has 0 unspecified atom stereocenters. The molecule has 1 aromatic carbocycles. The Morgan fingerprint density at radius 3 is 2.58 bits per heavy atom. The molecule has 1 aromatic rings. The van der Waals surface area contributed by atoms with Crippen molar-refractivity contribution in [3.63, 3.8) is 0 Å². The molecular weight excluding hydrogens is 312 g/mol. The molecule has 0 fully saturated rings. The van der Waals surface area contributed by atoms with Gasteiger partial charge in [-0.15, -0.1) is 0 Å². The Hall–Kier alpha value is -1.56. The van der Waals surface area contributed by atoms with Gasteiger partial charge in [0.15, 0.2) is 0 Å². The molecule has 5 nitrogen and oxygen atoms in total. The molecule has 104 valence electrons. The van der Waals surface area contributed by atoms with Crippen molar-refractivity contribution in [2.75, 3.05) is 11.9 Å². The van der Waals surface area contributed by atoms with Gasteiger partial charge in [-0.1, -0.05) is 12.1 Å². The first kappa shape index (κ1) is 15.5. The van der Waals surface area contributed by atoms with E-state index in [4.69, 9.17) is 5.11 Å². The number of rotatable bonds is 4. The number of aryl methyl sites for hydroxylation is 1. The van der Waals surface area contributed by atoms with E-state index < -0.39 is 17.4 Å². The summed E-state index contributed by atoms with van der Waals surface area (Å²) in [5.41, 5.74) is 0.649. The predicted molar refractivity (Wildman–Crippen MR) is 77.3 cm³/mol. The van der Waals surface area contributed by atoms with E-state index in [2.05, 4.69) is 26.6 Å². The molecule has 3 N–H and O–H groups in total. The van der Waals surface area contributed by atoms with Crippen LogP contribution < -0.4 is 10.6 Å². The van der Waals surface area contributed by atoms with E-state index in [-0.39, 0.29) is 6.54 Å². The average molecular weight is 329 g/mol. The lowest BCUT2D eigenvalue weighted by atomic mass is 9.94. The van der Waals surface area contributed by atoms with Crippen LogP contribution in [0.15, 0.2) is 22.7 Å². The third-order valence-corrected chi connectivity index (χ3v) is 3.76. The van der Waals surface area contributed by atoms with Gasteiger partial charge in [0.25, 0.3) is 0 Å². The van der Waals surface area contributed by atoms with Crippen molar-refractivity contribution in [2.45, 2.75) is 20.8 Å². The number of benzene rings is 1. The second-order valence-electron chi connectivity index (χ2n) is 4.93. The molecule has 0 aromatic heterocycles. The minimum atomic E-state index is -0.999. The van der Waals surface area contributed by atoms with Gasteiger partial charge in [-0.2, -0.15) is 0 Å². The SMILES string of the molecule is Cc1cccc(NC(=O)NCC(C)(C)C(=O)O)c1Br. The Kier molecular flexibility index (Phi) is 4.94. The van der Waals surface area contributed by atoms with Gasteiger partial charge in [-0.25, -0.2) is 4.79 Å². The number of hydrogen-bond acceptors (Lipinski definition) is 2. The Morgan fingerprint density at radius 1 is 1.37 bits per heavy atom. The monoisotopic (exact) mass is 328 g/mol. The van der Waals surface area contributed by atoms with Gasteiger partial charge in [0.1, 0.15) is 0 Å². The number of carboxylic acid groups (broad SMARTS) is 1. The summed E-state index contributed by atoms with van der Waals surface area (Å²) < 4.78 is 0.808. The molecule has 0 heterocycles. The molecule has 0 aliphatic carbocycles. The van der Waals surface area contributed by atoms with E-state index in [1.165, 1.54) is 0 Å². The molecule has 0 aliphatic heterocycles. The molecule has 0 bridgehead atoms. The van der Waals surface area contributed by atoms with Crippen LogP contribution in [0.1, 0.15) is 19.4 Å². The van der Waals surface area contributed by atoms with Crippen LogP contribution in [0.2, 0.25) is 0 Å². The number of amides is 2. The molecule has 0 saturated carbocycles. The number of halogens is 1. The number of carbonyl (C=O) groups is 2. The fraction of sp³-hybridized carbons (Fsp3) is 0.385. The summed E-state index contributed by atoms with van der Waals surface area (Å²) in [6.45, 7) is 5.08. The summed E-state index contributed by atoms with van der Waals surface area (Å²) in [4.78, 5) is 22.6. The fourth-order valence-corrected chi connectivity index (χ4v) is 1.65. The summed E-state index contributed by atoms with van der Waals surface area (Å²) in [6, 6.07) is 5.08. The van der Waals surface area contributed by atoms with Crippen molar-refractivity contribution in [1.29, 1.82) is 0 Å². The van der Waals surface area contributed by atoms with Crippen molar-refractivity contribution in [2.24, 2.45) is 5.41 Å². The minimum Gasteiger partial charge on any atom is -0.481 e. The smallest absolute Gasteiger partial charge is 0.319 e. The fourth-order valence-electron chi connectivity index (χ4n) is 1.29. The normalized spacial score (nSPS) is 10.9. The van der Waals surface area contributed by atoms with Crippen LogP contribution in [0.4, 0.5) is 10.5 Å². The highest BCUT2D eigenvalue weighted by molar-refractivity contribution is 9.10. The van der Waals surface area contributed by atoms with Crippen molar-refractivity contribution >= 4 is 33.6 Å². The van der Waals surface area contributed by atoms with Crippen LogP contribution in [0.25, 0.3) is 0 Å². The molecule has 0 radical (unpaired) electrons. The molecule has 19 heavy (non-hydrogen) atoms. The average Bonchev–Trinajstić information content (AvgIpc) is 2.32. The van der Waals surface area contributed by atoms with Crippen molar-refractivity contribution in [3.8, 4) is 0 Å². The van der Waals surface area contributed by atoms with Gasteiger partial charge in [0, 0.05) is 11.0 Å². The topological polar surface area (TPSA) is 78.4 Å². The largest absolute Gasteiger partial charge is 0.481 e. The van der Waals surface area contributed by atoms with Gasteiger partial charge in [-0.05, 0) is 48.3 Å². The quantitative estimate of drug-likeness (QED) is 0.795. The van der Waals surface area contributed by atoms with E-state index in [0.717, 1.165) is 10.0 Å². The van der Waals surface area contributed by atoms with Crippen LogP contribution in [-0.2, 0) is 4.79 Å². The van der Waals surface area contributed by atoms with Crippen LogP contribution in [0.3, 0.4) is 0 Å². The van der Waals surface area contributed by atoms with Crippen molar-refractivity contribution < 1.29 is 14.7 Å². The molecule has 0 aliphatic rings. The number of anilines is 1. The van der Waals surface area contributed by atoms with Gasteiger partial charge < -0.3 is 15.7 Å². The number of carboxylic acids is 1. The predicted octanol–water partition coefficient (Wildman–Crippen LogP) is 2.99. The van der Waals surface area contributed by atoms with E-state index in [1.807, 2.05) is 19.1 Å².